The summed E-state index contributed by atoms with van der Waals surface area (Å²) in [5, 5.41) is 7.67. The number of carbonyl (C=O) groups is 1. The first-order valence-electron chi connectivity index (χ1n) is 11.6. The van der Waals surface area contributed by atoms with Gasteiger partial charge in [0.1, 0.15) is 5.75 Å². The number of benzene rings is 3. The van der Waals surface area contributed by atoms with E-state index in [4.69, 9.17) is 9.84 Å². The van der Waals surface area contributed by atoms with Crippen LogP contribution < -0.4 is 4.74 Å². The van der Waals surface area contributed by atoms with E-state index in [1.54, 1.807) is 23.9 Å². The number of rotatable bonds is 7. The Hall–Kier alpha value is -3.03. The van der Waals surface area contributed by atoms with E-state index in [0.717, 1.165) is 38.5 Å². The Kier molecular flexibility index (Phi) is 6.97. The molecule has 0 saturated heterocycles. The lowest BCUT2D eigenvalue weighted by Crippen LogP contribution is -2.28. The summed E-state index contributed by atoms with van der Waals surface area (Å²) in [7, 11) is 1.65. The maximum Gasteiger partial charge on any atom is 0.253 e. The molecule has 7 heteroatoms. The molecule has 0 N–H and O–H groups in total. The van der Waals surface area contributed by atoms with Gasteiger partial charge >= 0.3 is 0 Å². The highest BCUT2D eigenvalue weighted by Crippen LogP contribution is 2.36. The Balaban J connectivity index is 1.41. The lowest BCUT2D eigenvalue weighted by Gasteiger charge is -2.22. The summed E-state index contributed by atoms with van der Waals surface area (Å²) in [4.78, 5) is 14.6. The van der Waals surface area contributed by atoms with Crippen molar-refractivity contribution in [2.45, 2.75) is 30.8 Å². The first kappa shape index (κ1) is 23.7. The van der Waals surface area contributed by atoms with E-state index in [-0.39, 0.29) is 11.9 Å². The average Bonchev–Trinajstić information content (AvgIpc) is 3.50. The second-order valence-electron chi connectivity index (χ2n) is 8.37. The largest absolute Gasteiger partial charge is 0.497 e. The summed E-state index contributed by atoms with van der Waals surface area (Å²) in [6, 6.07) is 24.2. The van der Waals surface area contributed by atoms with Gasteiger partial charge < -0.3 is 9.30 Å². The highest BCUT2D eigenvalue weighted by atomic mass is 79.9. The lowest BCUT2D eigenvalue weighted by atomic mass is 9.98. The van der Waals surface area contributed by atoms with Gasteiger partial charge in [-0.3, -0.25) is 4.79 Å². The number of halogens is 1. The fourth-order valence-electron chi connectivity index (χ4n) is 4.44. The van der Waals surface area contributed by atoms with Gasteiger partial charge in [-0.15, -0.1) is 11.8 Å². The molecule has 3 aromatic carbocycles. The van der Waals surface area contributed by atoms with Gasteiger partial charge in [-0.05, 0) is 48.4 Å². The summed E-state index contributed by atoms with van der Waals surface area (Å²) in [5.41, 5.74) is 4.18. The smallest absolute Gasteiger partial charge is 0.253 e. The monoisotopic (exact) mass is 547 g/mol. The van der Waals surface area contributed by atoms with Crippen LogP contribution in [0.3, 0.4) is 0 Å². The van der Waals surface area contributed by atoms with Crippen LogP contribution in [0, 0.1) is 0 Å². The van der Waals surface area contributed by atoms with Crippen molar-refractivity contribution in [1.29, 1.82) is 0 Å². The van der Waals surface area contributed by atoms with Gasteiger partial charge in [0, 0.05) is 39.4 Å². The molecule has 5 nitrogen and oxygen atoms in total. The number of fused-ring (bicyclic) bond motifs is 1. The van der Waals surface area contributed by atoms with Crippen LogP contribution in [0.2, 0.25) is 0 Å². The minimum atomic E-state index is -0.148. The van der Waals surface area contributed by atoms with Gasteiger partial charge in [0.25, 0.3) is 5.91 Å². The molecule has 1 aliphatic rings. The molecule has 0 bridgehead atoms. The molecule has 178 valence electrons. The molecule has 0 spiro atoms. The summed E-state index contributed by atoms with van der Waals surface area (Å²) in [6.07, 6.45) is 2.81. The van der Waals surface area contributed by atoms with Crippen molar-refractivity contribution >= 4 is 50.2 Å². The maximum atomic E-state index is 13.5. The Bertz CT molecular complexity index is 1380. The number of aromatic nitrogens is 1. The van der Waals surface area contributed by atoms with Gasteiger partial charge in [0.2, 0.25) is 0 Å². The molecule has 1 aromatic heterocycles. The quantitative estimate of drug-likeness (QED) is 0.236. The molecule has 1 amide bonds. The molecule has 5 rings (SSSR count). The highest BCUT2D eigenvalue weighted by Gasteiger charge is 2.33. The van der Waals surface area contributed by atoms with Crippen LogP contribution in [0.4, 0.5) is 0 Å². The number of methoxy groups -OCH3 is 1. The normalized spacial score (nSPS) is 15.5. The van der Waals surface area contributed by atoms with Crippen molar-refractivity contribution in [3.63, 3.8) is 0 Å². The van der Waals surface area contributed by atoms with Crippen LogP contribution in [0.15, 0.2) is 93.5 Å². The van der Waals surface area contributed by atoms with Gasteiger partial charge in [0.15, 0.2) is 0 Å². The molecule has 1 aliphatic heterocycles. The molecule has 4 aromatic rings. The number of nitrogens with zero attached hydrogens (tertiary/aromatic N) is 3. The Morgan fingerprint density at radius 2 is 1.83 bits per heavy atom. The van der Waals surface area contributed by atoms with E-state index < -0.39 is 0 Å². The third-order valence-corrected chi connectivity index (χ3v) is 7.84. The average molecular weight is 549 g/mol. The molecular weight excluding hydrogens is 522 g/mol. The van der Waals surface area contributed by atoms with Crippen molar-refractivity contribution in [2.24, 2.45) is 5.10 Å². The van der Waals surface area contributed by atoms with Crippen LogP contribution >= 0.6 is 27.7 Å². The predicted molar refractivity (Wildman–Crippen MR) is 146 cm³/mol. The van der Waals surface area contributed by atoms with Crippen LogP contribution in [-0.4, -0.2) is 34.1 Å². The Morgan fingerprint density at radius 3 is 2.54 bits per heavy atom. The van der Waals surface area contributed by atoms with Gasteiger partial charge in [-0.1, -0.05) is 58.4 Å². The van der Waals surface area contributed by atoms with Gasteiger partial charge in [0.05, 0.1) is 24.6 Å². The van der Waals surface area contributed by atoms with Crippen molar-refractivity contribution in [2.75, 3.05) is 12.9 Å². The Labute approximate surface area is 217 Å². The standard InChI is InChI=1S/C28H26BrN3O2S/c1-3-31-17-27(23-6-4-5-7-25(23)31)35-18-28(33)32-26(20-10-14-22(34-2)15-11-20)16-24(30-32)19-8-12-21(29)13-9-19/h4-15,17,26H,3,16,18H2,1-2H3/t26-/m0/s1. The molecule has 0 saturated carbocycles. The molecule has 2 heterocycles. The minimum absolute atomic E-state index is 0.00346. The van der Waals surface area contributed by atoms with E-state index in [1.807, 2.05) is 54.6 Å². The predicted octanol–water partition coefficient (Wildman–Crippen LogP) is 6.90. The number of para-hydroxylation sites is 1. The van der Waals surface area contributed by atoms with Crippen molar-refractivity contribution in [1.82, 2.24) is 9.58 Å². The number of amides is 1. The first-order chi connectivity index (χ1) is 17.1. The molecule has 0 radical (unpaired) electrons. The van der Waals surface area contributed by atoms with E-state index in [0.29, 0.717) is 12.2 Å². The molecular formula is C28H26BrN3O2S. The van der Waals surface area contributed by atoms with E-state index in [9.17, 15) is 4.79 Å². The zero-order valence-electron chi connectivity index (χ0n) is 19.6. The second kappa shape index (κ2) is 10.3. The summed E-state index contributed by atoms with van der Waals surface area (Å²) in [5.74, 6) is 1.11. The topological polar surface area (TPSA) is 46.8 Å². The summed E-state index contributed by atoms with van der Waals surface area (Å²) >= 11 is 5.07. The van der Waals surface area contributed by atoms with Crippen molar-refractivity contribution in [3.8, 4) is 5.75 Å². The fourth-order valence-corrected chi connectivity index (χ4v) is 5.64. The van der Waals surface area contributed by atoms with Gasteiger partial charge in [-0.2, -0.15) is 5.10 Å². The molecule has 1 atom stereocenters. The fraction of sp³-hybridized carbons (Fsp3) is 0.214. The maximum absolute atomic E-state index is 13.5. The Morgan fingerprint density at radius 1 is 1.09 bits per heavy atom. The SMILES string of the molecule is CCn1cc(SCC(=O)N2N=C(c3ccc(Br)cc3)C[C@H]2c2ccc(OC)cc2)c2ccccc21. The minimum Gasteiger partial charge on any atom is -0.497 e. The lowest BCUT2D eigenvalue weighted by molar-refractivity contribution is -0.130. The number of hydrazone groups is 1. The van der Waals surface area contributed by atoms with E-state index in [2.05, 4.69) is 51.8 Å². The second-order valence-corrected chi connectivity index (χ2v) is 10.3. The highest BCUT2D eigenvalue weighted by molar-refractivity contribution is 9.10. The van der Waals surface area contributed by atoms with Crippen LogP contribution in [0.25, 0.3) is 10.9 Å². The van der Waals surface area contributed by atoms with Crippen molar-refractivity contribution < 1.29 is 9.53 Å². The van der Waals surface area contributed by atoms with Crippen LogP contribution in [-0.2, 0) is 11.3 Å². The molecule has 0 fully saturated rings. The first-order valence-corrected chi connectivity index (χ1v) is 13.4. The molecule has 0 aliphatic carbocycles. The summed E-state index contributed by atoms with van der Waals surface area (Å²) in [6.45, 7) is 3.02. The zero-order chi connectivity index (χ0) is 24.4. The summed E-state index contributed by atoms with van der Waals surface area (Å²) < 4.78 is 8.56. The van der Waals surface area contributed by atoms with Crippen LogP contribution in [0.5, 0.6) is 5.75 Å². The molecule has 0 unspecified atom stereocenters. The number of aryl methyl sites for hydroxylation is 1. The number of thioether (sulfide) groups is 1. The number of hydrogen-bond acceptors (Lipinski definition) is 4. The molecule has 35 heavy (non-hydrogen) atoms. The number of carbonyl (C=O) groups excluding carboxylic acids is 1. The third-order valence-electron chi connectivity index (χ3n) is 6.29. The zero-order valence-corrected chi connectivity index (χ0v) is 22.1. The van der Waals surface area contributed by atoms with Crippen molar-refractivity contribution in [3.05, 3.63) is 94.6 Å². The van der Waals surface area contributed by atoms with Crippen LogP contribution in [0.1, 0.15) is 30.5 Å². The third kappa shape index (κ3) is 4.88. The number of hydrogen-bond donors (Lipinski definition) is 0. The van der Waals surface area contributed by atoms with E-state index in [1.165, 1.54) is 10.9 Å². The van der Waals surface area contributed by atoms with Gasteiger partial charge in [-0.25, -0.2) is 5.01 Å². The van der Waals surface area contributed by atoms with E-state index >= 15 is 0 Å². The number of ether oxygens (including phenoxy) is 1.